The minimum absolute atomic E-state index is 0.142. The van der Waals surface area contributed by atoms with Crippen molar-refractivity contribution in [1.29, 1.82) is 0 Å². The van der Waals surface area contributed by atoms with Crippen LogP contribution < -0.4 is 0 Å². The van der Waals surface area contributed by atoms with Crippen LogP contribution in [0.3, 0.4) is 0 Å². The molecule has 6 rings (SSSR count). The molecular weight excluding hydrogens is 612 g/mol. The van der Waals surface area contributed by atoms with Gasteiger partial charge < -0.3 is 0 Å². The fraction of sp³-hybridized carbons (Fsp3) is 0.364. The molecule has 0 amide bonds. The molecule has 0 aliphatic carbocycles. The van der Waals surface area contributed by atoms with Gasteiger partial charge >= 0.3 is 18.1 Å². The normalized spacial score (nSPS) is 10.8. The van der Waals surface area contributed by atoms with Gasteiger partial charge in [-0.05, 0) is 83.1 Å². The molecule has 0 fully saturated rings. The lowest BCUT2D eigenvalue weighted by Gasteiger charge is -2.06. The van der Waals surface area contributed by atoms with E-state index in [-0.39, 0.29) is 18.1 Å². The average Bonchev–Trinajstić information content (AvgIpc) is 3.90. The van der Waals surface area contributed by atoms with Crippen LogP contribution in [0, 0.1) is 83.1 Å². The van der Waals surface area contributed by atoms with E-state index in [1.54, 1.807) is 38.0 Å². The summed E-state index contributed by atoms with van der Waals surface area (Å²) in [7, 11) is 0. The summed E-state index contributed by atoms with van der Waals surface area (Å²) in [5.41, 5.74) is 10.3. The highest BCUT2D eigenvalue weighted by Crippen LogP contribution is 2.12. The number of nitrogens with zero attached hydrogens (tertiary/aromatic N) is 12. The van der Waals surface area contributed by atoms with Gasteiger partial charge in [0.05, 0.1) is 34.2 Å². The van der Waals surface area contributed by atoms with E-state index in [1.807, 2.05) is 83.1 Å². The van der Waals surface area contributed by atoms with Gasteiger partial charge in [0.15, 0.2) is 0 Å². The monoisotopic (exact) mass is 654 g/mol. The fourth-order valence-corrected chi connectivity index (χ4v) is 4.50. The van der Waals surface area contributed by atoms with Crippen molar-refractivity contribution >= 4 is 18.1 Å². The van der Waals surface area contributed by atoms with Gasteiger partial charge in [0.25, 0.3) is 0 Å². The minimum atomic E-state index is -0.142. The third-order valence-electron chi connectivity index (χ3n) is 8.75. The number of aromatic nitrogens is 12. The average molecular weight is 655 g/mol. The Kier molecular flexibility index (Phi) is 10.2. The van der Waals surface area contributed by atoms with E-state index < -0.39 is 0 Å². The second-order valence-electron chi connectivity index (χ2n) is 11.6. The van der Waals surface area contributed by atoms with Crippen LogP contribution in [0.2, 0.25) is 0 Å². The zero-order valence-corrected chi connectivity index (χ0v) is 29.6. The van der Waals surface area contributed by atoms with Crippen molar-refractivity contribution in [1.82, 2.24) is 57.3 Å². The molecule has 0 radical (unpaired) electrons. The summed E-state index contributed by atoms with van der Waals surface area (Å²) in [5, 5.41) is 0. The van der Waals surface area contributed by atoms with Crippen molar-refractivity contribution < 1.29 is 14.4 Å². The number of rotatable bonds is 0. The summed E-state index contributed by atoms with van der Waals surface area (Å²) in [4.78, 5) is 61.1. The third kappa shape index (κ3) is 6.70. The van der Waals surface area contributed by atoms with E-state index in [1.165, 1.54) is 27.4 Å². The van der Waals surface area contributed by atoms with E-state index in [0.717, 1.165) is 68.3 Å². The molecule has 6 aromatic rings. The van der Waals surface area contributed by atoms with Gasteiger partial charge in [-0.15, -0.1) is 0 Å². The Morgan fingerprint density at radius 1 is 0.312 bits per heavy atom. The zero-order chi connectivity index (χ0) is 35.6. The number of imidazole rings is 6. The predicted octanol–water partition coefficient (Wildman–Crippen LogP) is 5.49. The topological polar surface area (TPSA) is 158 Å². The largest absolute Gasteiger partial charge is 0.339 e. The Labute approximate surface area is 279 Å². The maximum atomic E-state index is 12.2. The zero-order valence-electron chi connectivity index (χ0n) is 29.6. The molecule has 0 unspecified atom stereocenters. The van der Waals surface area contributed by atoms with Crippen LogP contribution in [0.1, 0.15) is 68.3 Å². The van der Waals surface area contributed by atoms with Gasteiger partial charge in [-0.1, -0.05) is 0 Å². The molecule has 0 bridgehead atoms. The Balaban J connectivity index is 0.000000163. The molecule has 0 aliphatic heterocycles. The van der Waals surface area contributed by atoms with Crippen LogP contribution in [0.5, 0.6) is 0 Å². The molecule has 6 aromatic heterocycles. The molecule has 6 heterocycles. The van der Waals surface area contributed by atoms with Crippen molar-refractivity contribution in [2.45, 2.75) is 83.1 Å². The van der Waals surface area contributed by atoms with E-state index in [0.29, 0.717) is 0 Å². The van der Waals surface area contributed by atoms with Crippen LogP contribution >= 0.6 is 0 Å². The molecule has 15 nitrogen and oxygen atoms in total. The predicted molar refractivity (Wildman–Crippen MR) is 179 cm³/mol. The van der Waals surface area contributed by atoms with Gasteiger partial charge in [-0.3, -0.25) is 27.4 Å². The molecule has 0 atom stereocenters. The quantitative estimate of drug-likeness (QED) is 0.206. The third-order valence-corrected chi connectivity index (χ3v) is 8.75. The first-order valence-electron chi connectivity index (χ1n) is 15.2. The lowest BCUT2D eigenvalue weighted by molar-refractivity contribution is 0.242. The van der Waals surface area contributed by atoms with Crippen molar-refractivity contribution in [3.8, 4) is 0 Å². The number of carbonyl (C=O) groups is 3. The first kappa shape index (κ1) is 35.1. The first-order chi connectivity index (χ1) is 22.6. The lowest BCUT2D eigenvalue weighted by atomic mass is 10.4. The summed E-state index contributed by atoms with van der Waals surface area (Å²) in [6, 6.07) is -0.427. The Hall–Kier alpha value is -5.73. The molecule has 0 spiro atoms. The molecule has 0 aromatic carbocycles. The highest BCUT2D eigenvalue weighted by Gasteiger charge is 2.17. The Morgan fingerprint density at radius 3 is 0.521 bits per heavy atom. The van der Waals surface area contributed by atoms with E-state index in [9.17, 15) is 14.4 Å². The highest BCUT2D eigenvalue weighted by molar-refractivity contribution is 5.82. The molecular formula is C33H42N12O3. The van der Waals surface area contributed by atoms with Crippen LogP contribution in [-0.2, 0) is 0 Å². The standard InChI is InChI=1S/3C11H14N4O/c3*1-7-9(3)14(5-12-7)11(16)15-6-13-8(2)10(15)4/h3*5-6H,1-4H3. The van der Waals surface area contributed by atoms with Gasteiger partial charge in [0, 0.05) is 34.2 Å². The smallest absolute Gasteiger partial charge is 0.254 e. The van der Waals surface area contributed by atoms with Crippen molar-refractivity contribution in [3.05, 3.63) is 106 Å². The summed E-state index contributed by atoms with van der Waals surface area (Å²) in [5.74, 6) is 0. The molecule has 0 saturated carbocycles. The van der Waals surface area contributed by atoms with Gasteiger partial charge in [-0.2, -0.15) is 0 Å². The molecule has 252 valence electrons. The Bertz CT molecular complexity index is 1750. The fourth-order valence-electron chi connectivity index (χ4n) is 4.50. The number of hydrogen-bond donors (Lipinski definition) is 0. The van der Waals surface area contributed by atoms with Crippen LogP contribution in [0.4, 0.5) is 14.4 Å². The number of carbonyl (C=O) groups excluding carboxylic acids is 3. The molecule has 15 heteroatoms. The molecule has 48 heavy (non-hydrogen) atoms. The second-order valence-corrected chi connectivity index (χ2v) is 11.6. The first-order valence-corrected chi connectivity index (χ1v) is 15.2. The molecule has 0 saturated heterocycles. The van der Waals surface area contributed by atoms with E-state index in [2.05, 4.69) is 29.9 Å². The minimum Gasteiger partial charge on any atom is -0.254 e. The summed E-state index contributed by atoms with van der Waals surface area (Å²) in [6.45, 7) is 22.5. The van der Waals surface area contributed by atoms with Gasteiger partial charge in [0.2, 0.25) is 0 Å². The van der Waals surface area contributed by atoms with Crippen molar-refractivity contribution in [3.63, 3.8) is 0 Å². The second kappa shape index (κ2) is 13.9. The molecule has 0 aliphatic rings. The number of hydrogen-bond acceptors (Lipinski definition) is 9. The SMILES string of the molecule is Cc1ncn(C(=O)n2cnc(C)c2C)c1C.Cc1ncn(C(=O)n2cnc(C)c2C)c1C.Cc1ncn(C(=O)n2cnc(C)c2C)c1C. The van der Waals surface area contributed by atoms with Gasteiger partial charge in [-0.25, -0.2) is 44.3 Å². The number of aryl methyl sites for hydroxylation is 6. The van der Waals surface area contributed by atoms with Crippen LogP contribution in [-0.4, -0.2) is 75.4 Å². The van der Waals surface area contributed by atoms with E-state index in [4.69, 9.17) is 0 Å². The maximum absolute atomic E-state index is 12.2. The maximum Gasteiger partial charge on any atom is 0.339 e. The highest BCUT2D eigenvalue weighted by atomic mass is 16.2. The van der Waals surface area contributed by atoms with Gasteiger partial charge in [0.1, 0.15) is 38.0 Å². The summed E-state index contributed by atoms with van der Waals surface area (Å²) < 4.78 is 9.19. The van der Waals surface area contributed by atoms with E-state index >= 15 is 0 Å². The van der Waals surface area contributed by atoms with Crippen LogP contribution in [0.25, 0.3) is 0 Å². The molecule has 0 N–H and O–H groups in total. The summed E-state index contributed by atoms with van der Waals surface area (Å²) in [6.07, 6.45) is 9.26. The van der Waals surface area contributed by atoms with Crippen molar-refractivity contribution in [2.75, 3.05) is 0 Å². The summed E-state index contributed by atoms with van der Waals surface area (Å²) >= 11 is 0. The Morgan fingerprint density at radius 2 is 0.438 bits per heavy atom. The van der Waals surface area contributed by atoms with Crippen molar-refractivity contribution in [2.24, 2.45) is 0 Å². The lowest BCUT2D eigenvalue weighted by Crippen LogP contribution is -2.20. The van der Waals surface area contributed by atoms with Crippen LogP contribution in [0.15, 0.2) is 38.0 Å².